The molecule has 1 N–H and O–H groups in total. The van der Waals surface area contributed by atoms with E-state index in [1.165, 1.54) is 43.4 Å². The van der Waals surface area contributed by atoms with Crippen LogP contribution in [0.25, 0.3) is 0 Å². The van der Waals surface area contributed by atoms with Gasteiger partial charge in [0, 0.05) is 15.9 Å². The first-order valence-corrected chi connectivity index (χ1v) is 8.39. The van der Waals surface area contributed by atoms with Gasteiger partial charge >= 0.3 is 0 Å². The Hall–Kier alpha value is 0.430. The molecule has 0 atom stereocenters. The fourth-order valence-corrected chi connectivity index (χ4v) is 4.23. The van der Waals surface area contributed by atoms with Gasteiger partial charge in [-0.1, -0.05) is 43.7 Å². The number of hydrogen-bond acceptors (Lipinski definition) is 2. The molecule has 1 nitrogen and oxygen atoms in total. The van der Waals surface area contributed by atoms with Crippen molar-refractivity contribution < 1.29 is 0 Å². The van der Waals surface area contributed by atoms with Crippen LogP contribution in [-0.2, 0) is 6.54 Å². The van der Waals surface area contributed by atoms with Crippen LogP contribution in [0, 0.1) is 5.92 Å². The summed E-state index contributed by atoms with van der Waals surface area (Å²) in [6.07, 6.45) is 8.55. The molecule has 2 rings (SSSR count). The van der Waals surface area contributed by atoms with Gasteiger partial charge in [-0.2, -0.15) is 0 Å². The molecule has 0 unspecified atom stereocenters. The quantitative estimate of drug-likeness (QED) is 0.726. The van der Waals surface area contributed by atoms with Crippen LogP contribution in [0.3, 0.4) is 0 Å². The number of thiophene rings is 1. The molecule has 1 aromatic heterocycles. The van der Waals surface area contributed by atoms with Crippen LogP contribution in [0.2, 0.25) is 4.34 Å². The molecule has 0 radical (unpaired) electrons. The zero-order valence-corrected chi connectivity index (χ0v) is 13.1. The van der Waals surface area contributed by atoms with Crippen LogP contribution in [0.15, 0.2) is 10.5 Å². The van der Waals surface area contributed by atoms with Crippen LogP contribution in [0.5, 0.6) is 0 Å². The van der Waals surface area contributed by atoms with Gasteiger partial charge in [-0.25, -0.2) is 0 Å². The molecule has 96 valence electrons. The van der Waals surface area contributed by atoms with Gasteiger partial charge in [0.25, 0.3) is 0 Å². The molecule has 0 spiro atoms. The third kappa shape index (κ3) is 4.55. The first-order valence-electron chi connectivity index (χ1n) is 6.40. The number of halogens is 2. The van der Waals surface area contributed by atoms with Gasteiger partial charge in [0.05, 0.1) is 0 Å². The summed E-state index contributed by atoms with van der Waals surface area (Å²) in [5.41, 5.74) is 0. The minimum Gasteiger partial charge on any atom is -0.312 e. The molecule has 1 aromatic rings. The van der Waals surface area contributed by atoms with E-state index in [0.717, 1.165) is 27.8 Å². The summed E-state index contributed by atoms with van der Waals surface area (Å²) in [7, 11) is 0. The van der Waals surface area contributed by atoms with Gasteiger partial charge in [0.1, 0.15) is 4.34 Å². The van der Waals surface area contributed by atoms with Gasteiger partial charge in [0.15, 0.2) is 0 Å². The molecule has 1 fully saturated rings. The minimum absolute atomic E-state index is 0.856. The van der Waals surface area contributed by atoms with Crippen LogP contribution >= 0.6 is 38.9 Å². The van der Waals surface area contributed by atoms with E-state index in [0.29, 0.717) is 0 Å². The summed E-state index contributed by atoms with van der Waals surface area (Å²) in [6.45, 7) is 2.08. The van der Waals surface area contributed by atoms with Crippen LogP contribution in [0.4, 0.5) is 0 Å². The standard InChI is InChI=1S/C13H19BrClNS/c14-12-8-11(17-13(12)15)9-16-7-6-10-4-2-1-3-5-10/h8,10,16H,1-7,9H2. The maximum Gasteiger partial charge on any atom is 0.107 e. The minimum atomic E-state index is 0.856. The Balaban J connectivity index is 1.62. The number of rotatable bonds is 5. The summed E-state index contributed by atoms with van der Waals surface area (Å²) in [4.78, 5) is 1.31. The van der Waals surface area contributed by atoms with Crippen molar-refractivity contribution in [1.82, 2.24) is 5.32 Å². The van der Waals surface area contributed by atoms with Gasteiger partial charge in [0.2, 0.25) is 0 Å². The second-order valence-corrected chi connectivity index (χ2v) is 7.40. The molecule has 1 aliphatic rings. The highest BCUT2D eigenvalue weighted by atomic mass is 79.9. The van der Waals surface area contributed by atoms with Crippen molar-refractivity contribution in [2.24, 2.45) is 5.92 Å². The normalized spacial score (nSPS) is 17.5. The van der Waals surface area contributed by atoms with E-state index in [4.69, 9.17) is 11.6 Å². The topological polar surface area (TPSA) is 12.0 Å². The van der Waals surface area contributed by atoms with Gasteiger partial charge in [-0.3, -0.25) is 0 Å². The van der Waals surface area contributed by atoms with E-state index >= 15 is 0 Å². The summed E-state index contributed by atoms with van der Waals surface area (Å²) in [5, 5.41) is 3.52. The average molecular weight is 337 g/mol. The molecular formula is C13H19BrClNS. The molecule has 4 heteroatoms. The predicted octanol–water partition coefficient (Wildman–Crippen LogP) is 5.22. The van der Waals surface area contributed by atoms with Crippen molar-refractivity contribution in [1.29, 1.82) is 0 Å². The first kappa shape index (κ1) is 13.9. The molecule has 0 bridgehead atoms. The van der Waals surface area contributed by atoms with Crippen LogP contribution in [-0.4, -0.2) is 6.54 Å². The van der Waals surface area contributed by atoms with E-state index in [2.05, 4.69) is 27.3 Å². The molecule has 0 amide bonds. The Bertz CT molecular complexity index is 328. The molecule has 0 aliphatic heterocycles. The third-order valence-electron chi connectivity index (χ3n) is 3.45. The second-order valence-electron chi connectivity index (χ2n) is 4.80. The van der Waals surface area contributed by atoms with Crippen molar-refractivity contribution in [3.63, 3.8) is 0 Å². The average Bonchev–Trinajstić information content (AvgIpc) is 2.66. The van der Waals surface area contributed by atoms with E-state index < -0.39 is 0 Å². The van der Waals surface area contributed by atoms with E-state index in [1.807, 2.05) is 0 Å². The summed E-state index contributed by atoms with van der Waals surface area (Å²) >= 11 is 11.1. The Morgan fingerprint density at radius 2 is 2.12 bits per heavy atom. The van der Waals surface area contributed by atoms with Crippen molar-refractivity contribution in [2.45, 2.75) is 45.1 Å². The zero-order chi connectivity index (χ0) is 12.1. The number of nitrogens with one attached hydrogen (secondary N) is 1. The predicted molar refractivity (Wildman–Crippen MR) is 79.9 cm³/mol. The molecule has 1 heterocycles. The van der Waals surface area contributed by atoms with Crippen molar-refractivity contribution in [3.05, 3.63) is 19.8 Å². The Kier molecular flexibility index (Phi) is 5.81. The molecule has 1 aliphatic carbocycles. The molecule has 1 saturated carbocycles. The van der Waals surface area contributed by atoms with Gasteiger partial charge in [-0.05, 0) is 40.9 Å². The Morgan fingerprint density at radius 3 is 2.76 bits per heavy atom. The Morgan fingerprint density at radius 1 is 1.35 bits per heavy atom. The van der Waals surface area contributed by atoms with E-state index in [9.17, 15) is 0 Å². The maximum atomic E-state index is 6.01. The third-order valence-corrected chi connectivity index (χ3v) is 5.92. The smallest absolute Gasteiger partial charge is 0.107 e. The summed E-state index contributed by atoms with van der Waals surface area (Å²) in [5.74, 6) is 0.968. The van der Waals surface area contributed by atoms with Crippen LogP contribution in [0.1, 0.15) is 43.4 Å². The maximum absolute atomic E-state index is 6.01. The highest BCUT2D eigenvalue weighted by Gasteiger charge is 2.12. The first-order chi connectivity index (χ1) is 8.25. The molecule has 17 heavy (non-hydrogen) atoms. The second kappa shape index (κ2) is 7.13. The van der Waals surface area contributed by atoms with E-state index in [-0.39, 0.29) is 0 Å². The Labute approximate surface area is 121 Å². The molecular weight excluding hydrogens is 318 g/mol. The lowest BCUT2D eigenvalue weighted by atomic mass is 9.87. The lowest BCUT2D eigenvalue weighted by Gasteiger charge is -2.21. The summed E-state index contributed by atoms with van der Waals surface area (Å²) in [6, 6.07) is 2.11. The van der Waals surface area contributed by atoms with Gasteiger partial charge in [-0.15, -0.1) is 11.3 Å². The molecule has 0 aromatic carbocycles. The van der Waals surface area contributed by atoms with Gasteiger partial charge < -0.3 is 5.32 Å². The fraction of sp³-hybridized carbons (Fsp3) is 0.692. The SMILES string of the molecule is Clc1sc(CNCCC2CCCCC2)cc1Br. The molecule has 0 saturated heterocycles. The van der Waals surface area contributed by atoms with E-state index in [1.54, 1.807) is 11.3 Å². The van der Waals surface area contributed by atoms with Crippen LogP contribution < -0.4 is 5.32 Å². The monoisotopic (exact) mass is 335 g/mol. The lowest BCUT2D eigenvalue weighted by molar-refractivity contribution is 0.334. The van der Waals surface area contributed by atoms with Crippen molar-refractivity contribution in [3.8, 4) is 0 Å². The van der Waals surface area contributed by atoms with Crippen molar-refractivity contribution in [2.75, 3.05) is 6.54 Å². The summed E-state index contributed by atoms with van der Waals surface area (Å²) < 4.78 is 1.88. The highest BCUT2D eigenvalue weighted by molar-refractivity contribution is 9.10. The largest absolute Gasteiger partial charge is 0.312 e. The lowest BCUT2D eigenvalue weighted by Crippen LogP contribution is -2.18. The zero-order valence-electron chi connectivity index (χ0n) is 9.98. The number of hydrogen-bond donors (Lipinski definition) is 1. The fourth-order valence-electron chi connectivity index (χ4n) is 2.47. The van der Waals surface area contributed by atoms with Crippen molar-refractivity contribution >= 4 is 38.9 Å². The highest BCUT2D eigenvalue weighted by Crippen LogP contribution is 2.32.